The van der Waals surface area contributed by atoms with Crippen molar-refractivity contribution in [1.29, 1.82) is 0 Å². The van der Waals surface area contributed by atoms with Crippen molar-refractivity contribution in [1.82, 2.24) is 9.97 Å². The quantitative estimate of drug-likeness (QED) is 0.501. The Hall–Kier alpha value is -2.82. The van der Waals surface area contributed by atoms with Crippen LogP contribution in [0.2, 0.25) is 0 Å². The van der Waals surface area contributed by atoms with Gasteiger partial charge in [0, 0.05) is 29.4 Å². The number of aromatic hydroxyl groups is 1. The molecule has 4 N–H and O–H groups in total. The number of nitrogens with one attached hydrogen (secondary N) is 1. The molecule has 0 aliphatic heterocycles. The Morgan fingerprint density at radius 1 is 1.15 bits per heavy atom. The molecular formula is C15H14N4O. The van der Waals surface area contributed by atoms with E-state index in [2.05, 4.69) is 15.3 Å². The van der Waals surface area contributed by atoms with E-state index in [1.807, 2.05) is 24.3 Å². The molecule has 3 aromatic rings. The summed E-state index contributed by atoms with van der Waals surface area (Å²) in [5.41, 5.74) is 7.90. The number of nitrogens with zero attached hydrogens (tertiary/aromatic N) is 2. The van der Waals surface area contributed by atoms with E-state index in [-0.39, 0.29) is 5.75 Å². The molecule has 0 unspecified atom stereocenters. The Balaban J connectivity index is 1.81. The molecule has 0 radical (unpaired) electrons. The molecule has 3 rings (SSSR count). The zero-order valence-corrected chi connectivity index (χ0v) is 10.7. The Kier molecular flexibility index (Phi) is 3.09. The van der Waals surface area contributed by atoms with Crippen LogP contribution in [-0.2, 0) is 6.54 Å². The van der Waals surface area contributed by atoms with Gasteiger partial charge in [0.25, 0.3) is 0 Å². The number of nitrogens with two attached hydrogens (primary N) is 1. The summed E-state index contributed by atoms with van der Waals surface area (Å²) < 4.78 is 0. The average molecular weight is 266 g/mol. The Morgan fingerprint density at radius 3 is 2.90 bits per heavy atom. The number of fused-ring (bicyclic) bond motifs is 1. The largest absolute Gasteiger partial charge is 0.508 e. The van der Waals surface area contributed by atoms with Crippen LogP contribution in [0.4, 0.5) is 11.6 Å². The Labute approximate surface area is 116 Å². The molecule has 0 amide bonds. The van der Waals surface area contributed by atoms with Crippen molar-refractivity contribution in [3.63, 3.8) is 0 Å². The first kappa shape index (κ1) is 12.2. The summed E-state index contributed by atoms with van der Waals surface area (Å²) >= 11 is 0. The van der Waals surface area contributed by atoms with Gasteiger partial charge in [-0.2, -0.15) is 0 Å². The maximum atomic E-state index is 9.75. The number of rotatable bonds is 3. The van der Waals surface area contributed by atoms with Gasteiger partial charge >= 0.3 is 0 Å². The van der Waals surface area contributed by atoms with Gasteiger partial charge in [-0.25, -0.2) is 9.97 Å². The van der Waals surface area contributed by atoms with Gasteiger partial charge in [0.05, 0.1) is 5.52 Å². The minimum absolute atomic E-state index is 0.201. The van der Waals surface area contributed by atoms with Crippen molar-refractivity contribution in [3.05, 3.63) is 54.2 Å². The highest BCUT2D eigenvalue weighted by molar-refractivity contribution is 5.78. The van der Waals surface area contributed by atoms with Gasteiger partial charge in [-0.05, 0) is 24.3 Å². The first-order chi connectivity index (χ1) is 9.72. The summed E-state index contributed by atoms with van der Waals surface area (Å²) in [6, 6.07) is 12.7. The molecule has 0 bridgehead atoms. The third-order valence-corrected chi connectivity index (χ3v) is 3.03. The summed E-state index contributed by atoms with van der Waals surface area (Å²) in [4.78, 5) is 8.65. The topological polar surface area (TPSA) is 84.1 Å². The van der Waals surface area contributed by atoms with Crippen molar-refractivity contribution >= 4 is 22.5 Å². The molecule has 1 heterocycles. The van der Waals surface area contributed by atoms with Gasteiger partial charge in [-0.1, -0.05) is 18.2 Å². The first-order valence-electron chi connectivity index (χ1n) is 6.25. The fraction of sp³-hybridized carbons (Fsp3) is 0.0667. The van der Waals surface area contributed by atoms with Crippen LogP contribution >= 0.6 is 0 Å². The lowest BCUT2D eigenvalue weighted by Crippen LogP contribution is -2.04. The SMILES string of the molecule is Nc1ccc(O)c(CNc2ncc3ccccc3n2)c1. The van der Waals surface area contributed by atoms with Crippen LogP contribution in [0, 0.1) is 0 Å². The smallest absolute Gasteiger partial charge is 0.223 e. The molecule has 0 saturated heterocycles. The number of para-hydroxylation sites is 1. The fourth-order valence-corrected chi connectivity index (χ4v) is 1.98. The first-order valence-corrected chi connectivity index (χ1v) is 6.25. The normalized spacial score (nSPS) is 10.6. The zero-order chi connectivity index (χ0) is 13.9. The second-order valence-electron chi connectivity index (χ2n) is 4.49. The highest BCUT2D eigenvalue weighted by Gasteiger charge is 2.03. The van der Waals surface area contributed by atoms with E-state index < -0.39 is 0 Å². The van der Waals surface area contributed by atoms with E-state index in [1.165, 1.54) is 0 Å². The van der Waals surface area contributed by atoms with E-state index in [0.29, 0.717) is 23.7 Å². The second-order valence-corrected chi connectivity index (χ2v) is 4.49. The minimum Gasteiger partial charge on any atom is -0.508 e. The maximum absolute atomic E-state index is 9.75. The molecular weight excluding hydrogens is 252 g/mol. The lowest BCUT2D eigenvalue weighted by molar-refractivity contribution is 0.469. The summed E-state index contributed by atoms with van der Waals surface area (Å²) in [7, 11) is 0. The van der Waals surface area contributed by atoms with Crippen LogP contribution in [0.5, 0.6) is 5.75 Å². The van der Waals surface area contributed by atoms with Crippen LogP contribution in [-0.4, -0.2) is 15.1 Å². The lowest BCUT2D eigenvalue weighted by atomic mass is 10.2. The van der Waals surface area contributed by atoms with Gasteiger partial charge in [0.2, 0.25) is 5.95 Å². The van der Waals surface area contributed by atoms with Crippen LogP contribution < -0.4 is 11.1 Å². The van der Waals surface area contributed by atoms with Crippen molar-refractivity contribution in [2.75, 3.05) is 11.1 Å². The minimum atomic E-state index is 0.201. The predicted octanol–water partition coefficient (Wildman–Crippen LogP) is 2.53. The molecule has 5 nitrogen and oxygen atoms in total. The number of phenolic OH excluding ortho intramolecular Hbond substituents is 1. The number of aromatic nitrogens is 2. The predicted molar refractivity (Wildman–Crippen MR) is 79.4 cm³/mol. The molecule has 0 fully saturated rings. The molecule has 2 aromatic carbocycles. The van der Waals surface area contributed by atoms with E-state index in [1.54, 1.807) is 24.4 Å². The van der Waals surface area contributed by atoms with Gasteiger partial charge in [-0.3, -0.25) is 0 Å². The number of hydrogen-bond acceptors (Lipinski definition) is 5. The van der Waals surface area contributed by atoms with Crippen LogP contribution in [0.1, 0.15) is 5.56 Å². The fourth-order valence-electron chi connectivity index (χ4n) is 1.98. The van der Waals surface area contributed by atoms with Crippen molar-refractivity contribution in [2.24, 2.45) is 0 Å². The maximum Gasteiger partial charge on any atom is 0.223 e. The molecule has 20 heavy (non-hydrogen) atoms. The summed E-state index contributed by atoms with van der Waals surface area (Å²) in [5.74, 6) is 0.720. The Morgan fingerprint density at radius 2 is 2.00 bits per heavy atom. The van der Waals surface area contributed by atoms with Crippen molar-refractivity contribution < 1.29 is 5.11 Å². The molecule has 0 aliphatic rings. The van der Waals surface area contributed by atoms with Gasteiger partial charge in [0.1, 0.15) is 5.75 Å². The third kappa shape index (κ3) is 2.47. The number of benzene rings is 2. The molecule has 1 aromatic heterocycles. The number of nitrogen functional groups attached to an aromatic ring is 1. The van der Waals surface area contributed by atoms with Crippen molar-refractivity contribution in [2.45, 2.75) is 6.54 Å². The summed E-state index contributed by atoms with van der Waals surface area (Å²) in [6.07, 6.45) is 1.77. The monoisotopic (exact) mass is 266 g/mol. The zero-order valence-electron chi connectivity index (χ0n) is 10.7. The number of phenols is 1. The number of anilines is 2. The van der Waals surface area contributed by atoms with E-state index in [0.717, 1.165) is 10.9 Å². The molecule has 0 spiro atoms. The molecule has 0 saturated carbocycles. The number of hydrogen-bond donors (Lipinski definition) is 3. The van der Waals surface area contributed by atoms with Crippen LogP contribution in [0.25, 0.3) is 10.9 Å². The third-order valence-electron chi connectivity index (χ3n) is 3.03. The van der Waals surface area contributed by atoms with Gasteiger partial charge < -0.3 is 16.2 Å². The highest BCUT2D eigenvalue weighted by Crippen LogP contribution is 2.20. The van der Waals surface area contributed by atoms with E-state index in [9.17, 15) is 5.11 Å². The summed E-state index contributed by atoms with van der Waals surface area (Å²) in [5, 5.41) is 13.8. The lowest BCUT2D eigenvalue weighted by Gasteiger charge is -2.08. The van der Waals surface area contributed by atoms with Gasteiger partial charge in [0.15, 0.2) is 0 Å². The van der Waals surface area contributed by atoms with Crippen LogP contribution in [0.3, 0.4) is 0 Å². The van der Waals surface area contributed by atoms with E-state index >= 15 is 0 Å². The summed E-state index contributed by atoms with van der Waals surface area (Å²) in [6.45, 7) is 0.412. The van der Waals surface area contributed by atoms with E-state index in [4.69, 9.17) is 5.73 Å². The van der Waals surface area contributed by atoms with Crippen LogP contribution in [0.15, 0.2) is 48.7 Å². The molecule has 5 heteroatoms. The average Bonchev–Trinajstić information content (AvgIpc) is 2.48. The van der Waals surface area contributed by atoms with Crippen molar-refractivity contribution in [3.8, 4) is 5.75 Å². The standard InChI is InChI=1S/C15H14N4O/c16-12-5-6-14(20)11(7-12)9-18-15-17-8-10-3-1-2-4-13(10)19-15/h1-8,20H,9,16H2,(H,17,18,19). The molecule has 0 atom stereocenters. The Bertz CT molecular complexity index is 758. The van der Waals surface area contributed by atoms with Gasteiger partial charge in [-0.15, -0.1) is 0 Å². The second kappa shape index (κ2) is 5.05. The molecule has 0 aliphatic carbocycles. The molecule has 100 valence electrons. The highest BCUT2D eigenvalue weighted by atomic mass is 16.3.